The number of fused-ring (bicyclic) bond motifs is 1. The number of piperazine rings is 1. The van der Waals surface area contributed by atoms with E-state index in [1.807, 2.05) is 30.3 Å². The van der Waals surface area contributed by atoms with Gasteiger partial charge in [-0.1, -0.05) is 0 Å². The van der Waals surface area contributed by atoms with Crippen LogP contribution >= 0.6 is 0 Å². The Morgan fingerprint density at radius 1 is 1.09 bits per heavy atom. The Morgan fingerprint density at radius 2 is 1.91 bits per heavy atom. The largest absolute Gasteiger partial charge is 0.493 e. The van der Waals surface area contributed by atoms with Crippen LogP contribution in [0.1, 0.15) is 6.42 Å². The van der Waals surface area contributed by atoms with Crippen molar-refractivity contribution in [2.24, 2.45) is 0 Å². The molecule has 0 amide bonds. The predicted octanol–water partition coefficient (Wildman–Crippen LogP) is 2.36. The molecule has 10 nitrogen and oxygen atoms in total. The van der Waals surface area contributed by atoms with Crippen molar-refractivity contribution in [3.63, 3.8) is 0 Å². The zero-order valence-electron chi connectivity index (χ0n) is 19.3. The Kier molecular flexibility index (Phi) is 6.13. The number of aromatic nitrogens is 5. The van der Waals surface area contributed by atoms with Crippen LogP contribution in [0.15, 0.2) is 48.9 Å². The summed E-state index contributed by atoms with van der Waals surface area (Å²) in [7, 11) is 3.22. The van der Waals surface area contributed by atoms with Gasteiger partial charge in [0.2, 0.25) is 5.95 Å². The zero-order valence-corrected chi connectivity index (χ0v) is 19.3. The van der Waals surface area contributed by atoms with Gasteiger partial charge in [0.1, 0.15) is 0 Å². The van der Waals surface area contributed by atoms with Crippen LogP contribution in [0.2, 0.25) is 0 Å². The molecule has 1 saturated heterocycles. The second-order valence-electron chi connectivity index (χ2n) is 8.16. The molecule has 4 heterocycles. The van der Waals surface area contributed by atoms with Crippen molar-refractivity contribution in [2.75, 3.05) is 44.5 Å². The van der Waals surface area contributed by atoms with Gasteiger partial charge in [0.15, 0.2) is 28.5 Å². The SMILES string of the molecule is COc1ccc(-c2cnc3nc(N)nc(N4CCNCC4CCn4cccc4)c3n2)cc1OC. The number of nitrogens with zero attached hydrogens (tertiary/aromatic N) is 6. The lowest BCUT2D eigenvalue weighted by atomic mass is 10.1. The third-order valence-electron chi connectivity index (χ3n) is 6.09. The summed E-state index contributed by atoms with van der Waals surface area (Å²) in [6.07, 6.45) is 6.82. The van der Waals surface area contributed by atoms with Crippen LogP contribution in [0.4, 0.5) is 11.8 Å². The number of benzene rings is 1. The maximum absolute atomic E-state index is 6.08. The van der Waals surface area contributed by atoms with Gasteiger partial charge >= 0.3 is 0 Å². The molecular weight excluding hydrogens is 432 g/mol. The van der Waals surface area contributed by atoms with E-state index in [4.69, 9.17) is 20.2 Å². The standard InChI is InChI=1S/C24H28N8O2/c1-33-19-6-5-16(13-20(19)34-2)18-15-27-22-21(28-18)23(30-24(25)29-22)32-12-8-26-14-17(32)7-11-31-9-3-4-10-31/h3-6,9-10,13,15,17,26H,7-8,11-12,14H2,1-2H3,(H2,25,27,29,30). The third kappa shape index (κ3) is 4.32. The highest BCUT2D eigenvalue weighted by atomic mass is 16.5. The molecule has 5 rings (SSSR count). The molecule has 176 valence electrons. The first kappa shape index (κ1) is 21.9. The lowest BCUT2D eigenvalue weighted by molar-refractivity contribution is 0.355. The fourth-order valence-electron chi connectivity index (χ4n) is 4.36. The Morgan fingerprint density at radius 3 is 2.71 bits per heavy atom. The van der Waals surface area contributed by atoms with Crippen LogP contribution in [0.3, 0.4) is 0 Å². The van der Waals surface area contributed by atoms with E-state index in [0.717, 1.165) is 44.0 Å². The smallest absolute Gasteiger partial charge is 0.224 e. The van der Waals surface area contributed by atoms with Crippen LogP contribution in [0, 0.1) is 0 Å². The molecule has 3 N–H and O–H groups in total. The highest BCUT2D eigenvalue weighted by Gasteiger charge is 2.26. The van der Waals surface area contributed by atoms with Crippen molar-refractivity contribution in [2.45, 2.75) is 19.0 Å². The third-order valence-corrected chi connectivity index (χ3v) is 6.09. The Bertz CT molecular complexity index is 1280. The molecule has 34 heavy (non-hydrogen) atoms. The average Bonchev–Trinajstić information content (AvgIpc) is 3.40. The second kappa shape index (κ2) is 9.52. The van der Waals surface area contributed by atoms with Crippen molar-refractivity contribution in [1.29, 1.82) is 0 Å². The average molecular weight is 461 g/mol. The van der Waals surface area contributed by atoms with Gasteiger partial charge in [-0.3, -0.25) is 0 Å². The molecule has 1 unspecified atom stereocenters. The normalized spacial score (nSPS) is 16.1. The molecule has 1 atom stereocenters. The zero-order chi connectivity index (χ0) is 23.5. The summed E-state index contributed by atoms with van der Waals surface area (Å²) < 4.78 is 13.0. The molecule has 0 saturated carbocycles. The molecule has 0 radical (unpaired) electrons. The molecule has 3 aromatic heterocycles. The van der Waals surface area contributed by atoms with E-state index in [9.17, 15) is 0 Å². The molecule has 0 bridgehead atoms. The minimum absolute atomic E-state index is 0.193. The Hall–Kier alpha value is -3.92. The van der Waals surface area contributed by atoms with Crippen LogP contribution in [-0.4, -0.2) is 64.4 Å². The molecule has 0 aliphatic carbocycles. The number of methoxy groups -OCH3 is 2. The Balaban J connectivity index is 1.53. The number of hydrogen-bond acceptors (Lipinski definition) is 9. The number of ether oxygens (including phenoxy) is 2. The summed E-state index contributed by atoms with van der Waals surface area (Å²) in [5, 5.41) is 3.50. The summed E-state index contributed by atoms with van der Waals surface area (Å²) in [5.41, 5.74) is 8.75. The minimum atomic E-state index is 0.193. The molecule has 1 aliphatic rings. The number of nitrogens with two attached hydrogens (primary N) is 1. The molecule has 0 spiro atoms. The van der Waals surface area contributed by atoms with E-state index in [-0.39, 0.29) is 12.0 Å². The minimum Gasteiger partial charge on any atom is -0.493 e. The van der Waals surface area contributed by atoms with E-state index in [2.05, 4.69) is 42.1 Å². The van der Waals surface area contributed by atoms with Gasteiger partial charge in [-0.2, -0.15) is 9.97 Å². The number of nitrogen functional groups attached to an aromatic ring is 1. The molecule has 10 heteroatoms. The lowest BCUT2D eigenvalue weighted by Gasteiger charge is -2.37. The summed E-state index contributed by atoms with van der Waals surface area (Å²) in [4.78, 5) is 20.8. The molecule has 1 aromatic carbocycles. The second-order valence-corrected chi connectivity index (χ2v) is 8.16. The van der Waals surface area contributed by atoms with Crippen LogP contribution in [0.5, 0.6) is 11.5 Å². The first-order chi connectivity index (χ1) is 16.7. The number of aryl methyl sites for hydroxylation is 1. The van der Waals surface area contributed by atoms with Crippen molar-refractivity contribution in [1.82, 2.24) is 29.8 Å². The van der Waals surface area contributed by atoms with Gasteiger partial charge in [0, 0.05) is 50.2 Å². The van der Waals surface area contributed by atoms with Gasteiger partial charge in [-0.25, -0.2) is 9.97 Å². The molecule has 4 aromatic rings. The summed E-state index contributed by atoms with van der Waals surface area (Å²) in [6.45, 7) is 3.42. The lowest BCUT2D eigenvalue weighted by Crippen LogP contribution is -2.52. The molecule has 1 aliphatic heterocycles. The predicted molar refractivity (Wildman–Crippen MR) is 131 cm³/mol. The summed E-state index contributed by atoms with van der Waals surface area (Å²) >= 11 is 0. The van der Waals surface area contributed by atoms with Gasteiger partial charge in [0.25, 0.3) is 0 Å². The number of nitrogens with one attached hydrogen (secondary N) is 1. The summed E-state index contributed by atoms with van der Waals surface area (Å²) in [6, 6.07) is 9.99. The van der Waals surface area contributed by atoms with Crippen molar-refractivity contribution in [3.8, 4) is 22.8 Å². The van der Waals surface area contributed by atoms with Crippen molar-refractivity contribution < 1.29 is 9.47 Å². The van der Waals surface area contributed by atoms with Gasteiger partial charge in [-0.05, 0) is 36.8 Å². The van der Waals surface area contributed by atoms with Crippen LogP contribution in [-0.2, 0) is 6.54 Å². The van der Waals surface area contributed by atoms with Gasteiger partial charge in [-0.15, -0.1) is 0 Å². The number of anilines is 2. The van der Waals surface area contributed by atoms with Crippen molar-refractivity contribution in [3.05, 3.63) is 48.9 Å². The first-order valence-corrected chi connectivity index (χ1v) is 11.3. The number of rotatable bonds is 7. The highest BCUT2D eigenvalue weighted by molar-refractivity contribution is 5.86. The monoisotopic (exact) mass is 460 g/mol. The summed E-state index contributed by atoms with van der Waals surface area (Å²) in [5.74, 6) is 2.20. The fraction of sp³-hybridized carbons (Fsp3) is 0.333. The van der Waals surface area contributed by atoms with E-state index >= 15 is 0 Å². The van der Waals surface area contributed by atoms with Crippen LogP contribution in [0.25, 0.3) is 22.4 Å². The van der Waals surface area contributed by atoms with Gasteiger partial charge in [0.05, 0.1) is 26.1 Å². The molecule has 1 fully saturated rings. The van der Waals surface area contributed by atoms with Crippen LogP contribution < -0.4 is 25.4 Å². The van der Waals surface area contributed by atoms with E-state index in [1.165, 1.54) is 0 Å². The maximum Gasteiger partial charge on any atom is 0.224 e. The number of hydrogen-bond donors (Lipinski definition) is 2. The maximum atomic E-state index is 6.08. The van der Waals surface area contributed by atoms with E-state index in [1.54, 1.807) is 20.4 Å². The topological polar surface area (TPSA) is 116 Å². The van der Waals surface area contributed by atoms with Gasteiger partial charge < -0.3 is 30.0 Å². The van der Waals surface area contributed by atoms with E-state index in [0.29, 0.717) is 28.4 Å². The highest BCUT2D eigenvalue weighted by Crippen LogP contribution is 2.33. The molecular formula is C24H28N8O2. The van der Waals surface area contributed by atoms with Crippen molar-refractivity contribution >= 4 is 22.9 Å². The fourth-order valence-corrected chi connectivity index (χ4v) is 4.36. The first-order valence-electron chi connectivity index (χ1n) is 11.3. The van der Waals surface area contributed by atoms with E-state index < -0.39 is 0 Å². The quantitative estimate of drug-likeness (QED) is 0.429. The Labute approximate surface area is 197 Å².